The van der Waals surface area contributed by atoms with Crippen molar-refractivity contribution in [3.8, 4) is 10.6 Å². The van der Waals surface area contributed by atoms with Gasteiger partial charge in [-0.25, -0.2) is 4.98 Å². The van der Waals surface area contributed by atoms with Crippen LogP contribution in [0.4, 0.5) is 18.9 Å². The maximum atomic E-state index is 13.0. The number of nitrogens with zero attached hydrogens (tertiary/aromatic N) is 3. The molecule has 4 rings (SSSR count). The van der Waals surface area contributed by atoms with Crippen molar-refractivity contribution >= 4 is 22.9 Å². The Morgan fingerprint density at radius 1 is 1.09 bits per heavy atom. The first-order chi connectivity index (χ1) is 15.7. The molecule has 1 fully saturated rings. The van der Waals surface area contributed by atoms with Crippen molar-refractivity contribution in [2.45, 2.75) is 19.6 Å². The number of anilines is 1. The van der Waals surface area contributed by atoms with Crippen molar-refractivity contribution in [1.29, 1.82) is 0 Å². The van der Waals surface area contributed by atoms with Gasteiger partial charge in [0.1, 0.15) is 9.88 Å². The molecule has 1 amide bonds. The summed E-state index contributed by atoms with van der Waals surface area (Å²) in [7, 11) is 1.73. The molecular formula is C24H24F3N3O2S. The summed E-state index contributed by atoms with van der Waals surface area (Å²) in [4.78, 5) is 21.8. The normalized spacial score (nSPS) is 14.4. The predicted molar refractivity (Wildman–Crippen MR) is 123 cm³/mol. The van der Waals surface area contributed by atoms with Crippen LogP contribution in [0.3, 0.4) is 0 Å². The molecule has 1 aliphatic heterocycles. The summed E-state index contributed by atoms with van der Waals surface area (Å²) in [5, 5.41) is 0.521. The molecule has 0 aliphatic carbocycles. The number of aryl methyl sites for hydroxylation is 1. The number of halogens is 3. The van der Waals surface area contributed by atoms with Gasteiger partial charge >= 0.3 is 6.18 Å². The van der Waals surface area contributed by atoms with Gasteiger partial charge in [-0.2, -0.15) is 13.2 Å². The molecule has 2 heterocycles. The third-order valence-corrected chi connectivity index (χ3v) is 6.72. The number of hydrogen-bond acceptors (Lipinski definition) is 5. The molecule has 0 bridgehead atoms. The Morgan fingerprint density at radius 2 is 1.73 bits per heavy atom. The van der Waals surface area contributed by atoms with E-state index in [1.165, 1.54) is 23.5 Å². The van der Waals surface area contributed by atoms with Crippen LogP contribution >= 0.6 is 11.3 Å². The molecule has 33 heavy (non-hydrogen) atoms. The van der Waals surface area contributed by atoms with E-state index in [1.54, 1.807) is 18.9 Å². The highest BCUT2D eigenvalue weighted by atomic mass is 32.1. The Morgan fingerprint density at radius 3 is 2.33 bits per heavy atom. The van der Waals surface area contributed by atoms with Gasteiger partial charge < -0.3 is 14.5 Å². The van der Waals surface area contributed by atoms with Crippen LogP contribution in [0.2, 0.25) is 0 Å². The number of carbonyl (C=O) groups excluding carboxylic acids is 1. The van der Waals surface area contributed by atoms with Gasteiger partial charge in [-0.15, -0.1) is 11.3 Å². The zero-order valence-corrected chi connectivity index (χ0v) is 19.2. The highest BCUT2D eigenvalue weighted by Crippen LogP contribution is 2.33. The maximum absolute atomic E-state index is 13.0. The second kappa shape index (κ2) is 9.52. The Bertz CT molecular complexity index is 1110. The molecule has 174 valence electrons. The zero-order chi connectivity index (χ0) is 23.6. The number of carbonyl (C=O) groups is 1. The predicted octanol–water partition coefficient (Wildman–Crippen LogP) is 5.25. The molecular weight excluding hydrogens is 451 g/mol. The van der Waals surface area contributed by atoms with Crippen molar-refractivity contribution in [3.63, 3.8) is 0 Å². The highest BCUT2D eigenvalue weighted by molar-refractivity contribution is 7.17. The lowest BCUT2D eigenvalue weighted by Crippen LogP contribution is -2.36. The minimum atomic E-state index is -4.39. The van der Waals surface area contributed by atoms with Gasteiger partial charge in [0, 0.05) is 37.9 Å². The standard InChI is InChI=1S/C24H24F3N3O2S/c1-16-21(33-22(28-16)18-5-7-19(8-6-18)24(25,26)27)23(31)29(2)15-17-3-9-20(10-4-17)30-11-13-32-14-12-30/h3-10H,11-15H2,1-2H3. The minimum Gasteiger partial charge on any atom is -0.378 e. The lowest BCUT2D eigenvalue weighted by Gasteiger charge is -2.29. The minimum absolute atomic E-state index is 0.166. The molecule has 9 heteroatoms. The number of aromatic nitrogens is 1. The second-order valence-electron chi connectivity index (χ2n) is 7.94. The van der Waals surface area contributed by atoms with E-state index in [2.05, 4.69) is 22.0 Å². The molecule has 1 aromatic heterocycles. The van der Waals surface area contributed by atoms with E-state index < -0.39 is 11.7 Å². The average Bonchev–Trinajstić information content (AvgIpc) is 3.20. The molecule has 0 N–H and O–H groups in total. The van der Waals surface area contributed by atoms with Crippen molar-refractivity contribution in [2.75, 3.05) is 38.3 Å². The van der Waals surface area contributed by atoms with Crippen LogP contribution in [0.1, 0.15) is 26.5 Å². The number of alkyl halides is 3. The molecule has 1 saturated heterocycles. The molecule has 3 aromatic rings. The molecule has 0 radical (unpaired) electrons. The Labute approximate surface area is 194 Å². The summed E-state index contributed by atoms with van der Waals surface area (Å²) in [5.74, 6) is -0.166. The van der Waals surface area contributed by atoms with E-state index >= 15 is 0 Å². The third-order valence-electron chi connectivity index (χ3n) is 5.53. The third kappa shape index (κ3) is 5.36. The molecule has 0 spiro atoms. The van der Waals surface area contributed by atoms with Crippen LogP contribution < -0.4 is 4.90 Å². The van der Waals surface area contributed by atoms with E-state index in [9.17, 15) is 18.0 Å². The Hall–Kier alpha value is -2.91. The number of morpholine rings is 1. The number of ether oxygens (including phenoxy) is 1. The van der Waals surface area contributed by atoms with E-state index in [0.717, 1.165) is 49.7 Å². The molecule has 0 unspecified atom stereocenters. The quantitative estimate of drug-likeness (QED) is 0.506. The van der Waals surface area contributed by atoms with Crippen LogP contribution in [0, 0.1) is 6.92 Å². The molecule has 2 aromatic carbocycles. The summed E-state index contributed by atoms with van der Waals surface area (Å²) in [6.45, 7) is 5.36. The van der Waals surface area contributed by atoms with Crippen LogP contribution in [0.15, 0.2) is 48.5 Å². The van der Waals surface area contributed by atoms with Gasteiger partial charge in [-0.3, -0.25) is 4.79 Å². The number of amides is 1. The van der Waals surface area contributed by atoms with Crippen molar-refractivity contribution in [3.05, 3.63) is 70.2 Å². The lowest BCUT2D eigenvalue weighted by atomic mass is 10.1. The molecule has 1 aliphatic rings. The van der Waals surface area contributed by atoms with Crippen molar-refractivity contribution < 1.29 is 22.7 Å². The first-order valence-corrected chi connectivity index (χ1v) is 11.4. The van der Waals surface area contributed by atoms with Gasteiger partial charge in [-0.1, -0.05) is 24.3 Å². The van der Waals surface area contributed by atoms with Gasteiger partial charge in [0.05, 0.1) is 24.5 Å². The Balaban J connectivity index is 1.44. The Kier molecular flexibility index (Phi) is 6.71. The lowest BCUT2D eigenvalue weighted by molar-refractivity contribution is -0.137. The molecule has 0 atom stereocenters. The topological polar surface area (TPSA) is 45.7 Å². The summed E-state index contributed by atoms with van der Waals surface area (Å²) < 4.78 is 43.8. The first-order valence-electron chi connectivity index (χ1n) is 10.5. The molecule has 0 saturated carbocycles. The van der Waals surface area contributed by atoms with E-state index in [-0.39, 0.29) is 5.91 Å². The van der Waals surface area contributed by atoms with E-state index in [0.29, 0.717) is 27.7 Å². The molecule has 5 nitrogen and oxygen atoms in total. The van der Waals surface area contributed by atoms with Gasteiger partial charge in [0.15, 0.2) is 0 Å². The number of rotatable bonds is 5. The monoisotopic (exact) mass is 475 g/mol. The fraction of sp³-hybridized carbons (Fsp3) is 0.333. The van der Waals surface area contributed by atoms with Crippen LogP contribution in [-0.2, 0) is 17.5 Å². The number of hydrogen-bond donors (Lipinski definition) is 0. The van der Waals surface area contributed by atoms with Gasteiger partial charge in [0.25, 0.3) is 5.91 Å². The van der Waals surface area contributed by atoms with Gasteiger partial charge in [0.2, 0.25) is 0 Å². The fourth-order valence-electron chi connectivity index (χ4n) is 3.67. The summed E-state index contributed by atoms with van der Waals surface area (Å²) in [5.41, 5.74) is 2.55. The maximum Gasteiger partial charge on any atom is 0.416 e. The SMILES string of the molecule is Cc1nc(-c2ccc(C(F)(F)F)cc2)sc1C(=O)N(C)Cc1ccc(N2CCOCC2)cc1. The number of thiazole rings is 1. The largest absolute Gasteiger partial charge is 0.416 e. The van der Waals surface area contributed by atoms with E-state index in [4.69, 9.17) is 4.74 Å². The summed E-state index contributed by atoms with van der Waals surface area (Å²) >= 11 is 1.19. The second-order valence-corrected chi connectivity index (χ2v) is 8.93. The highest BCUT2D eigenvalue weighted by Gasteiger charge is 2.30. The van der Waals surface area contributed by atoms with Crippen molar-refractivity contribution in [2.24, 2.45) is 0 Å². The van der Waals surface area contributed by atoms with E-state index in [1.807, 2.05) is 12.1 Å². The van der Waals surface area contributed by atoms with Crippen LogP contribution in [-0.4, -0.2) is 49.1 Å². The van der Waals surface area contributed by atoms with Crippen LogP contribution in [0.5, 0.6) is 0 Å². The smallest absolute Gasteiger partial charge is 0.378 e. The summed E-state index contributed by atoms with van der Waals surface area (Å²) in [6, 6.07) is 13.0. The average molecular weight is 476 g/mol. The van der Waals surface area contributed by atoms with Crippen molar-refractivity contribution in [1.82, 2.24) is 9.88 Å². The first kappa shape index (κ1) is 23.3. The summed E-state index contributed by atoms with van der Waals surface area (Å²) in [6.07, 6.45) is -4.39. The fourth-order valence-corrected chi connectivity index (χ4v) is 4.74. The van der Waals surface area contributed by atoms with Crippen LogP contribution in [0.25, 0.3) is 10.6 Å². The number of benzene rings is 2. The van der Waals surface area contributed by atoms with Gasteiger partial charge in [-0.05, 0) is 36.8 Å². The zero-order valence-electron chi connectivity index (χ0n) is 18.4.